The molecule has 1 aliphatic carbocycles. The molecule has 0 aliphatic heterocycles. The average Bonchev–Trinajstić information content (AvgIpc) is 3.70. The molecule has 0 aromatic heterocycles. The highest BCUT2D eigenvalue weighted by atomic mass is 15.1. The van der Waals surface area contributed by atoms with Crippen LogP contribution in [0.15, 0.2) is 279 Å². The van der Waals surface area contributed by atoms with E-state index in [2.05, 4.69) is 303 Å². The molecule has 0 saturated heterocycles. The molecule has 0 radical (unpaired) electrons. The Bertz CT molecular complexity index is 3850. The van der Waals surface area contributed by atoms with Crippen molar-refractivity contribution < 1.29 is 0 Å². The van der Waals surface area contributed by atoms with Gasteiger partial charge in [-0.3, -0.25) is 0 Å². The van der Waals surface area contributed by atoms with Crippen LogP contribution in [0, 0.1) is 0 Å². The van der Waals surface area contributed by atoms with Gasteiger partial charge in [0, 0.05) is 39.2 Å². The highest BCUT2D eigenvalue weighted by Crippen LogP contribution is 2.51. The van der Waals surface area contributed by atoms with E-state index < -0.39 is 0 Å². The van der Waals surface area contributed by atoms with Crippen LogP contribution in [0.2, 0.25) is 0 Å². The van der Waals surface area contributed by atoms with Crippen molar-refractivity contribution in [3.63, 3.8) is 0 Å². The second-order valence-corrected chi connectivity index (χ2v) is 19.7. The third-order valence-electron chi connectivity index (χ3n) is 15.1. The lowest BCUT2D eigenvalue weighted by Gasteiger charge is -2.29. The van der Waals surface area contributed by atoms with Gasteiger partial charge in [0.1, 0.15) is 0 Å². The van der Waals surface area contributed by atoms with Gasteiger partial charge in [0.05, 0.1) is 5.69 Å². The van der Waals surface area contributed by atoms with Crippen LogP contribution in [0.25, 0.3) is 77.2 Å². The predicted octanol–water partition coefficient (Wildman–Crippen LogP) is 19.9. The van der Waals surface area contributed by atoms with E-state index in [1.165, 1.54) is 82.7 Å². The smallest absolute Gasteiger partial charge is 0.0546 e. The largest absolute Gasteiger partial charge is 0.310 e. The normalized spacial score (nSPS) is 12.4. The Morgan fingerprint density at radius 2 is 0.671 bits per heavy atom. The molecule has 2 nitrogen and oxygen atoms in total. The van der Waals surface area contributed by atoms with Crippen molar-refractivity contribution in [2.75, 3.05) is 9.80 Å². The molecule has 0 unspecified atom stereocenters. The van der Waals surface area contributed by atoms with Crippen molar-refractivity contribution in [1.29, 1.82) is 0 Å². The summed E-state index contributed by atoms with van der Waals surface area (Å²) in [5, 5.41) is 4.83. The molecule has 346 valence electrons. The zero-order valence-corrected chi connectivity index (χ0v) is 41.0. The van der Waals surface area contributed by atoms with E-state index in [9.17, 15) is 0 Å². The van der Waals surface area contributed by atoms with E-state index in [4.69, 9.17) is 0 Å². The van der Waals surface area contributed by atoms with Crippen LogP contribution in [0.1, 0.15) is 25.0 Å². The zero-order valence-electron chi connectivity index (χ0n) is 41.0. The maximum absolute atomic E-state index is 2.43. The Kier molecular flexibility index (Phi) is 10.9. The minimum absolute atomic E-state index is 0.126. The molecule has 2 heteroatoms. The van der Waals surface area contributed by atoms with Gasteiger partial charge in [0.25, 0.3) is 0 Å². The molecule has 0 heterocycles. The van der Waals surface area contributed by atoms with E-state index in [-0.39, 0.29) is 5.41 Å². The van der Waals surface area contributed by atoms with E-state index in [0.717, 1.165) is 39.7 Å². The SMILES string of the molecule is CC1(C)c2ccccc2-c2ccc(N(c3ccc(-c4ccccc4)cc3)c3ccc(-c4ccc(N(c5ccc(-c6ccccc6)cc5)c5ccc(-c6ccccc6)cc5)c5c4ccc4ccccc45)cc3)cc21. The van der Waals surface area contributed by atoms with Gasteiger partial charge < -0.3 is 9.80 Å². The lowest BCUT2D eigenvalue weighted by Crippen LogP contribution is -2.16. The molecule has 0 amide bonds. The summed E-state index contributed by atoms with van der Waals surface area (Å²) in [5.41, 5.74) is 21.4. The first-order valence-electron chi connectivity index (χ1n) is 25.3. The number of anilines is 6. The minimum atomic E-state index is -0.126. The van der Waals surface area contributed by atoms with Gasteiger partial charge >= 0.3 is 0 Å². The number of hydrogen-bond donors (Lipinski definition) is 0. The molecule has 1 aliphatic rings. The van der Waals surface area contributed by atoms with Crippen LogP contribution in [0.4, 0.5) is 34.1 Å². The number of benzene rings is 12. The summed E-state index contributed by atoms with van der Waals surface area (Å²) in [7, 11) is 0. The summed E-state index contributed by atoms with van der Waals surface area (Å²) in [6.45, 7) is 4.72. The van der Waals surface area contributed by atoms with Gasteiger partial charge in [-0.1, -0.05) is 226 Å². The lowest BCUT2D eigenvalue weighted by molar-refractivity contribution is 0.660. The zero-order chi connectivity index (χ0) is 48.9. The van der Waals surface area contributed by atoms with Crippen molar-refractivity contribution in [1.82, 2.24) is 0 Å². The van der Waals surface area contributed by atoms with E-state index in [0.29, 0.717) is 0 Å². The highest BCUT2D eigenvalue weighted by Gasteiger charge is 2.36. The van der Waals surface area contributed by atoms with Crippen LogP contribution in [-0.4, -0.2) is 0 Å². The minimum Gasteiger partial charge on any atom is -0.310 e. The van der Waals surface area contributed by atoms with Crippen LogP contribution in [0.5, 0.6) is 0 Å². The fraction of sp³-hybridized carbons (Fsp3) is 0.0423. The van der Waals surface area contributed by atoms with Crippen molar-refractivity contribution in [3.05, 3.63) is 290 Å². The topological polar surface area (TPSA) is 6.48 Å². The van der Waals surface area contributed by atoms with E-state index >= 15 is 0 Å². The van der Waals surface area contributed by atoms with Gasteiger partial charge in [-0.05, 0) is 150 Å². The lowest BCUT2D eigenvalue weighted by atomic mass is 9.82. The van der Waals surface area contributed by atoms with Gasteiger partial charge in [0.2, 0.25) is 0 Å². The van der Waals surface area contributed by atoms with Crippen molar-refractivity contribution in [2.45, 2.75) is 19.3 Å². The quantitative estimate of drug-likeness (QED) is 0.126. The Balaban J connectivity index is 0.939. The molecular weight excluding hydrogens is 881 g/mol. The van der Waals surface area contributed by atoms with Gasteiger partial charge in [-0.15, -0.1) is 0 Å². The fourth-order valence-electron chi connectivity index (χ4n) is 11.3. The van der Waals surface area contributed by atoms with Crippen molar-refractivity contribution >= 4 is 55.7 Å². The standard InChI is InChI=1S/C71H52N2/c1-71(2)67-25-15-14-24-64(67)65-45-43-61(48-68(65)71)72(57-35-26-52(27-36-57)49-16-6-3-7-17-49)58-41-32-56(33-42-58)62-46-47-69(70-63-23-13-12-22-55(63)34-44-66(62)70)73(59-37-28-53(29-38-59)50-18-8-4-9-19-50)60-39-30-54(31-40-60)51-20-10-5-11-21-51/h3-48H,1-2H3. The molecule has 0 saturated carbocycles. The molecular formula is C71H52N2. The van der Waals surface area contributed by atoms with Crippen LogP contribution in [-0.2, 0) is 5.41 Å². The number of fused-ring (bicyclic) bond motifs is 6. The molecule has 13 rings (SSSR count). The van der Waals surface area contributed by atoms with Crippen LogP contribution < -0.4 is 9.80 Å². The summed E-state index contributed by atoms with van der Waals surface area (Å²) in [5.74, 6) is 0. The maximum Gasteiger partial charge on any atom is 0.0546 e. The Labute approximate surface area is 428 Å². The summed E-state index contributed by atoms with van der Waals surface area (Å²) < 4.78 is 0. The Morgan fingerprint density at radius 1 is 0.260 bits per heavy atom. The Morgan fingerprint density at radius 3 is 1.22 bits per heavy atom. The van der Waals surface area contributed by atoms with Crippen molar-refractivity contribution in [2.24, 2.45) is 0 Å². The van der Waals surface area contributed by atoms with Crippen LogP contribution in [0.3, 0.4) is 0 Å². The summed E-state index contributed by atoms with van der Waals surface area (Å²) >= 11 is 0. The molecule has 0 fully saturated rings. The maximum atomic E-state index is 2.43. The van der Waals surface area contributed by atoms with Gasteiger partial charge in [-0.2, -0.15) is 0 Å². The number of nitrogens with zero attached hydrogens (tertiary/aromatic N) is 2. The van der Waals surface area contributed by atoms with Crippen LogP contribution >= 0.6 is 0 Å². The van der Waals surface area contributed by atoms with E-state index in [1.54, 1.807) is 0 Å². The molecule has 0 spiro atoms. The second kappa shape index (κ2) is 18.2. The molecule has 12 aromatic carbocycles. The average molecular weight is 933 g/mol. The molecule has 0 N–H and O–H groups in total. The highest BCUT2D eigenvalue weighted by molar-refractivity contribution is 6.19. The Hall–Kier alpha value is -9.24. The third kappa shape index (κ3) is 7.85. The summed E-state index contributed by atoms with van der Waals surface area (Å²) in [6, 6.07) is 102. The fourth-order valence-corrected chi connectivity index (χ4v) is 11.3. The number of rotatable bonds is 10. The molecule has 73 heavy (non-hydrogen) atoms. The monoisotopic (exact) mass is 932 g/mol. The molecule has 0 atom stereocenters. The van der Waals surface area contributed by atoms with Gasteiger partial charge in [-0.25, -0.2) is 0 Å². The summed E-state index contributed by atoms with van der Waals surface area (Å²) in [4.78, 5) is 4.85. The first-order valence-corrected chi connectivity index (χ1v) is 25.3. The number of hydrogen-bond acceptors (Lipinski definition) is 2. The summed E-state index contributed by atoms with van der Waals surface area (Å²) in [6.07, 6.45) is 0. The first kappa shape index (κ1) is 43.8. The van der Waals surface area contributed by atoms with E-state index in [1.807, 2.05) is 0 Å². The van der Waals surface area contributed by atoms with Gasteiger partial charge in [0.15, 0.2) is 0 Å². The third-order valence-corrected chi connectivity index (χ3v) is 15.1. The second-order valence-electron chi connectivity index (χ2n) is 19.7. The molecule has 12 aromatic rings. The van der Waals surface area contributed by atoms with Crippen molar-refractivity contribution in [3.8, 4) is 55.6 Å². The first-order chi connectivity index (χ1) is 36.0. The molecule has 0 bridgehead atoms. The predicted molar refractivity (Wildman–Crippen MR) is 310 cm³/mol.